The van der Waals surface area contributed by atoms with Crippen molar-refractivity contribution in [2.24, 2.45) is 0 Å². The molecular formula is C23H20N2O5. The summed E-state index contributed by atoms with van der Waals surface area (Å²) in [6, 6.07) is 18.2. The van der Waals surface area contributed by atoms with Crippen LogP contribution in [0.5, 0.6) is 17.5 Å². The van der Waals surface area contributed by atoms with Gasteiger partial charge in [0.1, 0.15) is 17.5 Å². The van der Waals surface area contributed by atoms with Crippen molar-refractivity contribution in [3.8, 4) is 23.2 Å². The minimum atomic E-state index is -1.04. The summed E-state index contributed by atoms with van der Waals surface area (Å²) in [5.74, 6) is 0.126. The zero-order valence-corrected chi connectivity index (χ0v) is 16.0. The summed E-state index contributed by atoms with van der Waals surface area (Å²) < 4.78 is 12.9. The fraction of sp³-hybridized carbons (Fsp3) is 0.174. The molecule has 0 saturated carbocycles. The largest absolute Gasteiger partial charge is 0.494 e. The highest BCUT2D eigenvalue weighted by molar-refractivity contribution is 5.78. The number of fused-ring (bicyclic) bond motifs is 5. The monoisotopic (exact) mass is 404 g/mol. The summed E-state index contributed by atoms with van der Waals surface area (Å²) in [6.45, 7) is -0.0296. The van der Waals surface area contributed by atoms with Crippen molar-refractivity contribution in [1.82, 2.24) is 9.88 Å². The van der Waals surface area contributed by atoms with Crippen LogP contribution in [0.4, 0.5) is 0 Å². The lowest BCUT2D eigenvalue weighted by Gasteiger charge is -2.24. The summed E-state index contributed by atoms with van der Waals surface area (Å²) >= 11 is 0. The highest BCUT2D eigenvalue weighted by atomic mass is 16.5. The molecule has 7 heteroatoms. The maximum absolute atomic E-state index is 12.3. The van der Waals surface area contributed by atoms with Crippen molar-refractivity contribution in [2.75, 3.05) is 13.2 Å². The summed E-state index contributed by atoms with van der Waals surface area (Å²) in [7, 11) is 0. The summed E-state index contributed by atoms with van der Waals surface area (Å²) in [5.41, 5.74) is 0.593. The molecule has 0 saturated heterocycles. The Morgan fingerprint density at radius 2 is 1.77 bits per heavy atom. The summed E-state index contributed by atoms with van der Waals surface area (Å²) in [6.07, 6.45) is 3.16. The molecule has 2 unspecified atom stereocenters. The lowest BCUT2D eigenvalue weighted by atomic mass is 9.89. The molecule has 2 bridgehead atoms. The van der Waals surface area contributed by atoms with Crippen molar-refractivity contribution >= 4 is 5.91 Å². The van der Waals surface area contributed by atoms with Gasteiger partial charge in [0.05, 0.1) is 23.4 Å². The Labute approximate surface area is 172 Å². The van der Waals surface area contributed by atoms with Gasteiger partial charge in [0, 0.05) is 0 Å². The number of aromatic hydroxyl groups is 2. The zero-order valence-electron chi connectivity index (χ0n) is 16.0. The molecule has 5 rings (SSSR count). The molecule has 3 heterocycles. The average Bonchev–Trinajstić information content (AvgIpc) is 3.42. The summed E-state index contributed by atoms with van der Waals surface area (Å²) in [5, 5.41) is 24.5. The quantitative estimate of drug-likeness (QED) is 0.550. The normalized spacial score (nSPS) is 20.9. The number of nitrogens with zero attached hydrogens (tertiary/aromatic N) is 1. The van der Waals surface area contributed by atoms with Gasteiger partial charge in [-0.25, -0.2) is 0 Å². The van der Waals surface area contributed by atoms with E-state index in [1.54, 1.807) is 24.3 Å². The number of amides is 1. The second-order valence-electron chi connectivity index (χ2n) is 7.27. The molecule has 2 aromatic carbocycles. The topological polar surface area (TPSA) is 93.0 Å². The molecule has 2 atom stereocenters. The molecular weight excluding hydrogens is 384 g/mol. The Kier molecular flexibility index (Phi) is 4.25. The third-order valence-electron chi connectivity index (χ3n) is 5.42. The Morgan fingerprint density at radius 1 is 1.07 bits per heavy atom. The van der Waals surface area contributed by atoms with E-state index in [-0.39, 0.29) is 30.8 Å². The molecule has 0 spiro atoms. The fourth-order valence-corrected chi connectivity index (χ4v) is 4.05. The molecule has 7 nitrogen and oxygen atoms in total. The van der Waals surface area contributed by atoms with Gasteiger partial charge in [-0.3, -0.25) is 9.36 Å². The number of para-hydroxylation sites is 2. The average molecular weight is 404 g/mol. The van der Waals surface area contributed by atoms with Crippen LogP contribution in [0, 0.1) is 0 Å². The van der Waals surface area contributed by atoms with Crippen molar-refractivity contribution < 1.29 is 24.5 Å². The van der Waals surface area contributed by atoms with Crippen LogP contribution < -0.4 is 10.1 Å². The van der Waals surface area contributed by atoms with Gasteiger partial charge in [-0.2, -0.15) is 0 Å². The number of benzene rings is 2. The number of nitrogens with one attached hydrogen (secondary N) is 1. The molecule has 152 valence electrons. The fourth-order valence-electron chi connectivity index (χ4n) is 4.05. The molecule has 1 amide bonds. The van der Waals surface area contributed by atoms with Gasteiger partial charge >= 0.3 is 0 Å². The van der Waals surface area contributed by atoms with E-state index in [2.05, 4.69) is 5.32 Å². The molecule has 0 aliphatic carbocycles. The second-order valence-corrected chi connectivity index (χ2v) is 7.27. The van der Waals surface area contributed by atoms with Crippen LogP contribution in [0.3, 0.4) is 0 Å². The number of hydrogen-bond acceptors (Lipinski definition) is 5. The zero-order chi connectivity index (χ0) is 20.7. The van der Waals surface area contributed by atoms with Gasteiger partial charge < -0.3 is 25.0 Å². The first-order valence-corrected chi connectivity index (χ1v) is 9.63. The highest BCUT2D eigenvalue weighted by Gasteiger charge is 2.53. The van der Waals surface area contributed by atoms with Crippen LogP contribution in [-0.4, -0.2) is 33.8 Å². The van der Waals surface area contributed by atoms with Gasteiger partial charge in [0.25, 0.3) is 5.91 Å². The van der Waals surface area contributed by atoms with Gasteiger partial charge in [-0.05, 0) is 30.3 Å². The van der Waals surface area contributed by atoms with Gasteiger partial charge in [0.2, 0.25) is 11.8 Å². The first-order valence-electron chi connectivity index (χ1n) is 9.63. The van der Waals surface area contributed by atoms with E-state index in [4.69, 9.17) is 9.47 Å². The third-order valence-corrected chi connectivity index (χ3v) is 5.42. The van der Waals surface area contributed by atoms with Gasteiger partial charge in [-0.1, -0.05) is 42.5 Å². The molecule has 30 heavy (non-hydrogen) atoms. The number of carbonyl (C=O) groups excluding carboxylic acids is 1. The number of rotatable bonds is 6. The van der Waals surface area contributed by atoms with E-state index in [1.165, 1.54) is 4.57 Å². The van der Waals surface area contributed by atoms with Crippen molar-refractivity contribution in [3.05, 3.63) is 83.9 Å². The third kappa shape index (κ3) is 2.83. The van der Waals surface area contributed by atoms with E-state index in [0.29, 0.717) is 22.6 Å². The van der Waals surface area contributed by atoms with Crippen LogP contribution in [0.25, 0.3) is 5.69 Å². The molecule has 0 radical (unpaired) electrons. The molecule has 0 fully saturated rings. The smallest absolute Gasteiger partial charge is 0.258 e. The molecule has 3 N–H and O–H groups in total. The SMILES string of the molecule is O=C(COc1ccccc1)NCC12C=CC(O1)c1c2c(O)n(-c2ccccc2)c1O. The van der Waals surface area contributed by atoms with Crippen molar-refractivity contribution in [2.45, 2.75) is 11.7 Å². The first kappa shape index (κ1) is 18.3. The number of carbonyl (C=O) groups is 1. The molecule has 2 aliphatic rings. The van der Waals surface area contributed by atoms with Gasteiger partial charge in [-0.15, -0.1) is 0 Å². The number of aromatic nitrogens is 1. The van der Waals surface area contributed by atoms with Crippen LogP contribution in [0.2, 0.25) is 0 Å². The van der Waals surface area contributed by atoms with Crippen molar-refractivity contribution in [1.29, 1.82) is 0 Å². The van der Waals surface area contributed by atoms with E-state index < -0.39 is 11.7 Å². The predicted molar refractivity (Wildman–Crippen MR) is 109 cm³/mol. The van der Waals surface area contributed by atoms with Crippen LogP contribution >= 0.6 is 0 Å². The Morgan fingerprint density at radius 3 is 2.50 bits per heavy atom. The Bertz CT molecular complexity index is 1120. The number of ether oxygens (including phenoxy) is 2. The van der Waals surface area contributed by atoms with Crippen molar-refractivity contribution in [3.63, 3.8) is 0 Å². The van der Waals surface area contributed by atoms with Crippen LogP contribution in [0.15, 0.2) is 72.8 Å². The van der Waals surface area contributed by atoms with E-state index in [9.17, 15) is 15.0 Å². The van der Waals surface area contributed by atoms with E-state index >= 15 is 0 Å². The molecule has 3 aromatic rings. The Hall–Kier alpha value is -3.71. The minimum absolute atomic E-state index is 0.0661. The van der Waals surface area contributed by atoms with Crippen LogP contribution in [0.1, 0.15) is 17.2 Å². The summed E-state index contributed by atoms with van der Waals surface area (Å²) in [4.78, 5) is 12.3. The lowest BCUT2D eigenvalue weighted by molar-refractivity contribution is -0.124. The Balaban J connectivity index is 1.36. The first-order chi connectivity index (χ1) is 14.6. The van der Waals surface area contributed by atoms with Gasteiger partial charge in [0.15, 0.2) is 6.61 Å². The maximum Gasteiger partial charge on any atom is 0.258 e. The number of hydrogen-bond donors (Lipinski definition) is 3. The highest BCUT2D eigenvalue weighted by Crippen LogP contribution is 2.58. The predicted octanol–water partition coefficient (Wildman–Crippen LogP) is 2.92. The maximum atomic E-state index is 12.3. The van der Waals surface area contributed by atoms with Crippen LogP contribution in [-0.2, 0) is 15.1 Å². The molecule has 2 aliphatic heterocycles. The van der Waals surface area contributed by atoms with E-state index in [1.807, 2.05) is 48.6 Å². The standard InChI is InChI=1S/C23H20N2O5/c26-18(13-29-16-9-5-2-6-10-16)24-14-23-12-11-17(30-23)19-20(23)22(28)25(21(19)27)15-7-3-1-4-8-15/h1-12,17,27-28H,13-14H2,(H,24,26). The second kappa shape index (κ2) is 6.96. The lowest BCUT2D eigenvalue weighted by Crippen LogP contribution is -2.40. The molecule has 1 aromatic heterocycles. The van der Waals surface area contributed by atoms with E-state index in [0.717, 1.165) is 0 Å². The minimum Gasteiger partial charge on any atom is -0.494 e.